The van der Waals surface area contributed by atoms with Gasteiger partial charge in [-0.1, -0.05) is 20.8 Å². The fourth-order valence-corrected chi connectivity index (χ4v) is 2.53. The van der Waals surface area contributed by atoms with E-state index in [-0.39, 0.29) is 17.8 Å². The van der Waals surface area contributed by atoms with Gasteiger partial charge in [0, 0.05) is 25.7 Å². The summed E-state index contributed by atoms with van der Waals surface area (Å²) in [6, 6.07) is 1.86. The standard InChI is InChI=1S/C16H21F3N6O/c1-15(2,3)10-25(23-14(26)24-6-4-5-7-24)13-8-11(16(17,18)19)21-12(9-20)22-13/h8H,4-7,10H2,1-3H3,(H,23,26). The third kappa shape index (κ3) is 5.21. The molecule has 0 saturated carbocycles. The number of nitrogens with zero attached hydrogens (tertiary/aromatic N) is 5. The minimum absolute atomic E-state index is 0.175. The summed E-state index contributed by atoms with van der Waals surface area (Å²) in [5, 5.41) is 10.2. The van der Waals surface area contributed by atoms with Crippen LogP contribution in [0.1, 0.15) is 45.1 Å². The summed E-state index contributed by atoms with van der Waals surface area (Å²) in [6.07, 6.45) is -2.95. The molecule has 0 radical (unpaired) electrons. The number of anilines is 1. The molecule has 0 atom stereocenters. The molecular weight excluding hydrogens is 349 g/mol. The van der Waals surface area contributed by atoms with Crippen molar-refractivity contribution in [1.82, 2.24) is 20.3 Å². The largest absolute Gasteiger partial charge is 0.433 e. The lowest BCUT2D eigenvalue weighted by atomic mass is 9.97. The van der Waals surface area contributed by atoms with Gasteiger partial charge >= 0.3 is 12.2 Å². The van der Waals surface area contributed by atoms with Crippen molar-refractivity contribution in [3.05, 3.63) is 17.6 Å². The van der Waals surface area contributed by atoms with Gasteiger partial charge in [0.25, 0.3) is 0 Å². The summed E-state index contributed by atoms with van der Waals surface area (Å²) < 4.78 is 39.2. The number of hydrazine groups is 1. The van der Waals surface area contributed by atoms with Crippen molar-refractivity contribution >= 4 is 11.8 Å². The fourth-order valence-electron chi connectivity index (χ4n) is 2.53. The van der Waals surface area contributed by atoms with Gasteiger partial charge in [-0.05, 0) is 18.3 Å². The Morgan fingerprint density at radius 1 is 1.31 bits per heavy atom. The average Bonchev–Trinajstić information content (AvgIpc) is 3.06. The van der Waals surface area contributed by atoms with Gasteiger partial charge < -0.3 is 4.90 Å². The van der Waals surface area contributed by atoms with Gasteiger partial charge in [0.05, 0.1) is 0 Å². The molecule has 1 aliphatic rings. The Hall–Kier alpha value is -2.57. The molecule has 142 valence electrons. The van der Waals surface area contributed by atoms with E-state index in [4.69, 9.17) is 5.26 Å². The smallest absolute Gasteiger partial charge is 0.323 e. The molecule has 26 heavy (non-hydrogen) atoms. The first-order valence-electron chi connectivity index (χ1n) is 8.19. The molecule has 2 rings (SSSR count). The maximum Gasteiger partial charge on any atom is 0.433 e. The second-order valence-corrected chi connectivity index (χ2v) is 7.30. The topological polar surface area (TPSA) is 85.2 Å². The minimum Gasteiger partial charge on any atom is -0.323 e. The third-order valence-electron chi connectivity index (χ3n) is 3.64. The van der Waals surface area contributed by atoms with Crippen molar-refractivity contribution in [2.75, 3.05) is 24.6 Å². The SMILES string of the molecule is CC(C)(C)CN(NC(=O)N1CCCC1)c1cc(C(F)(F)F)nc(C#N)n1. The summed E-state index contributed by atoms with van der Waals surface area (Å²) >= 11 is 0. The Bertz CT molecular complexity index is 701. The summed E-state index contributed by atoms with van der Waals surface area (Å²) in [5.41, 5.74) is 1.03. The summed E-state index contributed by atoms with van der Waals surface area (Å²) in [5.74, 6) is -0.782. The maximum absolute atomic E-state index is 13.1. The Kier molecular flexibility index (Phi) is 5.59. The molecule has 10 heteroatoms. The quantitative estimate of drug-likeness (QED) is 0.827. The van der Waals surface area contributed by atoms with Crippen LogP contribution in [0.3, 0.4) is 0 Å². The number of hydrogen-bond acceptors (Lipinski definition) is 5. The molecule has 1 N–H and O–H groups in total. The van der Waals surface area contributed by atoms with Crippen molar-refractivity contribution in [2.24, 2.45) is 5.41 Å². The van der Waals surface area contributed by atoms with Crippen LogP contribution in [-0.2, 0) is 6.18 Å². The number of urea groups is 1. The number of likely N-dealkylation sites (tertiary alicyclic amines) is 1. The Labute approximate surface area is 149 Å². The van der Waals surface area contributed by atoms with Crippen LogP contribution in [0.4, 0.5) is 23.8 Å². The Balaban J connectivity index is 2.37. The number of carbonyl (C=O) groups excluding carboxylic acids is 1. The molecule has 2 amide bonds. The minimum atomic E-state index is -4.73. The molecular formula is C16H21F3N6O. The van der Waals surface area contributed by atoms with E-state index in [0.29, 0.717) is 13.1 Å². The predicted octanol–water partition coefficient (Wildman–Crippen LogP) is 2.94. The van der Waals surface area contributed by atoms with Crippen molar-refractivity contribution < 1.29 is 18.0 Å². The number of hydrogen-bond donors (Lipinski definition) is 1. The van der Waals surface area contributed by atoms with Crippen LogP contribution >= 0.6 is 0 Å². The second kappa shape index (κ2) is 7.35. The van der Waals surface area contributed by atoms with Gasteiger partial charge in [-0.2, -0.15) is 23.4 Å². The molecule has 7 nitrogen and oxygen atoms in total. The maximum atomic E-state index is 13.1. The number of aromatic nitrogens is 2. The van der Waals surface area contributed by atoms with Gasteiger partial charge in [0.2, 0.25) is 5.82 Å². The van der Waals surface area contributed by atoms with Crippen LogP contribution in [0.5, 0.6) is 0 Å². The number of rotatable bonds is 3. The molecule has 2 heterocycles. The Morgan fingerprint density at radius 3 is 2.42 bits per heavy atom. The number of nitriles is 1. The molecule has 1 aliphatic heterocycles. The van der Waals surface area contributed by atoms with E-state index in [1.807, 2.05) is 20.8 Å². The molecule has 0 spiro atoms. The van der Waals surface area contributed by atoms with Crippen LogP contribution in [0.15, 0.2) is 6.07 Å². The first-order valence-corrected chi connectivity index (χ1v) is 8.19. The highest BCUT2D eigenvalue weighted by Gasteiger charge is 2.35. The number of alkyl halides is 3. The lowest BCUT2D eigenvalue weighted by Gasteiger charge is -2.32. The molecule has 1 aromatic rings. The third-order valence-corrected chi connectivity index (χ3v) is 3.64. The van der Waals surface area contributed by atoms with Crippen LogP contribution in [0, 0.1) is 16.7 Å². The summed E-state index contributed by atoms with van der Waals surface area (Å²) in [7, 11) is 0. The first kappa shape index (κ1) is 19.8. The van der Waals surface area contributed by atoms with E-state index in [9.17, 15) is 18.0 Å². The first-order chi connectivity index (χ1) is 12.0. The summed E-state index contributed by atoms with van der Waals surface area (Å²) in [4.78, 5) is 21.0. The van der Waals surface area contributed by atoms with Crippen LogP contribution in [-0.4, -0.2) is 40.5 Å². The summed E-state index contributed by atoms with van der Waals surface area (Å²) in [6.45, 7) is 7.01. The van der Waals surface area contributed by atoms with Crippen LogP contribution in [0.25, 0.3) is 0 Å². The molecule has 1 saturated heterocycles. The second-order valence-electron chi connectivity index (χ2n) is 7.30. The molecule has 0 aliphatic carbocycles. The van der Waals surface area contributed by atoms with E-state index >= 15 is 0 Å². The van der Waals surface area contributed by atoms with Gasteiger partial charge in [0.1, 0.15) is 6.07 Å². The number of amides is 2. The number of halogens is 3. The lowest BCUT2D eigenvalue weighted by Crippen LogP contribution is -2.51. The van der Waals surface area contributed by atoms with E-state index in [1.165, 1.54) is 11.1 Å². The number of nitrogens with one attached hydrogen (secondary N) is 1. The van der Waals surface area contributed by atoms with Crippen LogP contribution < -0.4 is 10.4 Å². The highest BCUT2D eigenvalue weighted by Crippen LogP contribution is 2.30. The van der Waals surface area contributed by atoms with E-state index in [0.717, 1.165) is 18.9 Å². The van der Waals surface area contributed by atoms with Gasteiger partial charge in [-0.25, -0.2) is 15.2 Å². The molecule has 0 aromatic carbocycles. The van der Waals surface area contributed by atoms with E-state index in [1.54, 1.807) is 4.90 Å². The van der Waals surface area contributed by atoms with Gasteiger partial charge in [0.15, 0.2) is 11.5 Å². The normalized spacial score (nSPS) is 14.9. The molecule has 1 aromatic heterocycles. The monoisotopic (exact) mass is 370 g/mol. The van der Waals surface area contributed by atoms with Crippen molar-refractivity contribution in [1.29, 1.82) is 5.26 Å². The van der Waals surface area contributed by atoms with Gasteiger partial charge in [-0.15, -0.1) is 0 Å². The zero-order valence-electron chi connectivity index (χ0n) is 14.9. The van der Waals surface area contributed by atoms with E-state index < -0.39 is 23.7 Å². The van der Waals surface area contributed by atoms with Crippen molar-refractivity contribution in [3.8, 4) is 6.07 Å². The zero-order chi connectivity index (χ0) is 19.5. The zero-order valence-corrected chi connectivity index (χ0v) is 14.9. The molecule has 0 bridgehead atoms. The lowest BCUT2D eigenvalue weighted by molar-refractivity contribution is -0.141. The molecule has 1 fully saturated rings. The van der Waals surface area contributed by atoms with E-state index in [2.05, 4.69) is 15.4 Å². The van der Waals surface area contributed by atoms with Gasteiger partial charge in [-0.3, -0.25) is 5.01 Å². The van der Waals surface area contributed by atoms with Crippen molar-refractivity contribution in [2.45, 2.75) is 39.8 Å². The van der Waals surface area contributed by atoms with Crippen molar-refractivity contribution in [3.63, 3.8) is 0 Å². The van der Waals surface area contributed by atoms with Crippen LogP contribution in [0.2, 0.25) is 0 Å². The highest BCUT2D eigenvalue weighted by molar-refractivity contribution is 5.76. The fraction of sp³-hybridized carbons (Fsp3) is 0.625. The highest BCUT2D eigenvalue weighted by atomic mass is 19.4. The predicted molar refractivity (Wildman–Crippen MR) is 87.9 cm³/mol. The number of carbonyl (C=O) groups is 1. The Morgan fingerprint density at radius 2 is 1.92 bits per heavy atom. The molecule has 0 unspecified atom stereocenters. The average molecular weight is 370 g/mol.